The van der Waals surface area contributed by atoms with Gasteiger partial charge in [0, 0.05) is 29.7 Å². The minimum Gasteiger partial charge on any atom is -0.497 e. The van der Waals surface area contributed by atoms with Gasteiger partial charge in [-0.1, -0.05) is 23.7 Å². The molecule has 3 amide bonds. The van der Waals surface area contributed by atoms with Crippen LogP contribution in [0, 0.1) is 0 Å². The van der Waals surface area contributed by atoms with Gasteiger partial charge in [-0.05, 0) is 42.0 Å². The highest BCUT2D eigenvalue weighted by Crippen LogP contribution is 2.15. The molecule has 0 aliphatic rings. The number of carbonyl (C=O) groups is 2. The number of anilines is 2. The summed E-state index contributed by atoms with van der Waals surface area (Å²) in [4.78, 5) is 24.2. The van der Waals surface area contributed by atoms with Crippen LogP contribution >= 0.6 is 11.6 Å². The van der Waals surface area contributed by atoms with Crippen molar-refractivity contribution in [3.8, 4) is 5.75 Å². The summed E-state index contributed by atoms with van der Waals surface area (Å²) in [6, 6.07) is 15.7. The molecule has 9 heteroatoms. The van der Waals surface area contributed by atoms with Crippen LogP contribution < -0.4 is 20.7 Å². The number of methoxy groups -OCH3 is 1. The third-order valence-corrected chi connectivity index (χ3v) is 4.47. The van der Waals surface area contributed by atoms with E-state index in [-0.39, 0.29) is 24.9 Å². The topological polar surface area (TPSA) is 97.3 Å². The summed E-state index contributed by atoms with van der Waals surface area (Å²) in [7, 11) is 1.57. The number of halogens is 1. The molecule has 30 heavy (non-hydrogen) atoms. The van der Waals surface area contributed by atoms with Crippen molar-refractivity contribution in [2.75, 3.05) is 24.3 Å². The number of carbonyl (C=O) groups excluding carboxylic acids is 2. The van der Waals surface area contributed by atoms with E-state index in [1.807, 2.05) is 12.1 Å². The van der Waals surface area contributed by atoms with E-state index in [0.29, 0.717) is 28.8 Å². The zero-order valence-electron chi connectivity index (χ0n) is 16.4. The largest absolute Gasteiger partial charge is 0.497 e. The minimum atomic E-state index is -0.388. The van der Waals surface area contributed by atoms with Gasteiger partial charge in [0.25, 0.3) is 0 Å². The van der Waals surface area contributed by atoms with Gasteiger partial charge in [-0.25, -0.2) is 9.48 Å². The molecule has 0 fully saturated rings. The molecule has 3 N–H and O–H groups in total. The van der Waals surface area contributed by atoms with Crippen LogP contribution in [0.2, 0.25) is 5.02 Å². The van der Waals surface area contributed by atoms with E-state index in [4.69, 9.17) is 16.3 Å². The van der Waals surface area contributed by atoms with E-state index in [9.17, 15) is 9.59 Å². The van der Waals surface area contributed by atoms with E-state index >= 15 is 0 Å². The molecule has 1 heterocycles. The van der Waals surface area contributed by atoms with Crippen LogP contribution in [0.15, 0.2) is 60.8 Å². The van der Waals surface area contributed by atoms with Gasteiger partial charge in [0.05, 0.1) is 19.9 Å². The molecule has 0 radical (unpaired) electrons. The SMILES string of the molecule is COc1ccc(NC(=O)NCCC(=O)Nc2ccnn2Cc2ccc(Cl)cc2)cc1. The Morgan fingerprint density at radius 1 is 1.03 bits per heavy atom. The van der Waals surface area contributed by atoms with Crippen LogP contribution in [0.3, 0.4) is 0 Å². The average molecular weight is 428 g/mol. The summed E-state index contributed by atoms with van der Waals surface area (Å²) >= 11 is 5.90. The monoisotopic (exact) mass is 427 g/mol. The highest BCUT2D eigenvalue weighted by atomic mass is 35.5. The number of urea groups is 1. The molecule has 0 bridgehead atoms. The Bertz CT molecular complexity index is 987. The van der Waals surface area contributed by atoms with E-state index in [2.05, 4.69) is 21.0 Å². The lowest BCUT2D eigenvalue weighted by atomic mass is 10.2. The van der Waals surface area contributed by atoms with Gasteiger partial charge < -0.3 is 20.7 Å². The molecule has 8 nitrogen and oxygen atoms in total. The standard InChI is InChI=1S/C21H22ClN5O3/c1-30-18-8-6-17(7-9-18)25-21(29)23-12-11-20(28)26-19-10-13-24-27(19)14-15-2-4-16(22)5-3-15/h2-10,13H,11-12,14H2,1H3,(H,26,28)(H2,23,25,29). The first kappa shape index (κ1) is 21.2. The normalized spacial score (nSPS) is 10.3. The van der Waals surface area contributed by atoms with E-state index < -0.39 is 0 Å². The van der Waals surface area contributed by atoms with Crippen molar-refractivity contribution in [2.45, 2.75) is 13.0 Å². The van der Waals surface area contributed by atoms with Crippen LogP contribution in [-0.2, 0) is 11.3 Å². The first-order valence-electron chi connectivity index (χ1n) is 9.28. The van der Waals surface area contributed by atoms with Crippen molar-refractivity contribution in [1.82, 2.24) is 15.1 Å². The number of hydrogen-bond donors (Lipinski definition) is 3. The predicted molar refractivity (Wildman–Crippen MR) is 116 cm³/mol. The molecular weight excluding hydrogens is 406 g/mol. The number of rotatable bonds is 8. The van der Waals surface area contributed by atoms with Crippen LogP contribution in [0.4, 0.5) is 16.3 Å². The Kier molecular flexibility index (Phi) is 7.29. The average Bonchev–Trinajstić information content (AvgIpc) is 3.16. The number of nitrogens with one attached hydrogen (secondary N) is 3. The van der Waals surface area contributed by atoms with Gasteiger partial charge in [-0.15, -0.1) is 0 Å². The first-order valence-corrected chi connectivity index (χ1v) is 9.66. The Balaban J connectivity index is 1.43. The molecule has 0 atom stereocenters. The molecule has 1 aromatic heterocycles. The second-order valence-corrected chi connectivity index (χ2v) is 6.84. The van der Waals surface area contributed by atoms with Crippen molar-refractivity contribution in [3.63, 3.8) is 0 Å². The first-order chi connectivity index (χ1) is 14.5. The van der Waals surface area contributed by atoms with Crippen molar-refractivity contribution in [2.24, 2.45) is 0 Å². The van der Waals surface area contributed by atoms with Crippen molar-refractivity contribution >= 4 is 35.0 Å². The summed E-state index contributed by atoms with van der Waals surface area (Å²) in [6.45, 7) is 0.696. The predicted octanol–water partition coefficient (Wildman–Crippen LogP) is 3.74. The van der Waals surface area contributed by atoms with Crippen molar-refractivity contribution < 1.29 is 14.3 Å². The lowest BCUT2D eigenvalue weighted by molar-refractivity contribution is -0.116. The third-order valence-electron chi connectivity index (χ3n) is 4.22. The quantitative estimate of drug-likeness (QED) is 0.510. The molecule has 0 spiro atoms. The molecule has 156 valence electrons. The second-order valence-electron chi connectivity index (χ2n) is 6.41. The summed E-state index contributed by atoms with van der Waals surface area (Å²) in [5, 5.41) is 13.1. The lowest BCUT2D eigenvalue weighted by Crippen LogP contribution is -2.31. The summed E-state index contributed by atoms with van der Waals surface area (Å²) in [5.74, 6) is 1.06. The molecule has 0 aliphatic carbocycles. The maximum atomic E-state index is 12.2. The fourth-order valence-electron chi connectivity index (χ4n) is 2.67. The molecule has 0 saturated heterocycles. The summed E-state index contributed by atoms with van der Waals surface area (Å²) in [6.07, 6.45) is 1.74. The Hall–Kier alpha value is -3.52. The summed E-state index contributed by atoms with van der Waals surface area (Å²) in [5.41, 5.74) is 1.64. The van der Waals surface area contributed by atoms with Crippen molar-refractivity contribution in [1.29, 1.82) is 0 Å². The minimum absolute atomic E-state index is 0.127. The van der Waals surface area contributed by atoms with E-state index in [0.717, 1.165) is 5.56 Å². The van der Waals surface area contributed by atoms with Gasteiger partial charge in [-0.3, -0.25) is 4.79 Å². The second kappa shape index (κ2) is 10.3. The third kappa shape index (κ3) is 6.25. The van der Waals surface area contributed by atoms with Crippen LogP contribution in [0.25, 0.3) is 0 Å². The van der Waals surface area contributed by atoms with Gasteiger partial charge >= 0.3 is 6.03 Å². The van der Waals surface area contributed by atoms with Gasteiger partial charge in [0.1, 0.15) is 11.6 Å². The Labute approximate surface area is 179 Å². The number of nitrogens with zero attached hydrogens (tertiary/aromatic N) is 2. The molecule has 2 aromatic carbocycles. The highest BCUT2D eigenvalue weighted by Gasteiger charge is 2.09. The maximum absolute atomic E-state index is 12.2. The summed E-state index contributed by atoms with van der Waals surface area (Å²) < 4.78 is 6.76. The van der Waals surface area contributed by atoms with Crippen LogP contribution in [0.5, 0.6) is 5.75 Å². The Morgan fingerprint density at radius 2 is 1.77 bits per heavy atom. The molecule has 0 unspecified atom stereocenters. The molecular formula is C21H22ClN5O3. The zero-order valence-corrected chi connectivity index (χ0v) is 17.1. The van der Waals surface area contributed by atoms with Gasteiger partial charge in [-0.2, -0.15) is 5.10 Å². The fourth-order valence-corrected chi connectivity index (χ4v) is 2.80. The fraction of sp³-hybridized carbons (Fsp3) is 0.190. The van der Waals surface area contributed by atoms with Crippen molar-refractivity contribution in [3.05, 3.63) is 71.4 Å². The van der Waals surface area contributed by atoms with E-state index in [1.165, 1.54) is 0 Å². The number of ether oxygens (including phenoxy) is 1. The molecule has 0 saturated carbocycles. The molecule has 3 aromatic rings. The van der Waals surface area contributed by atoms with Crippen LogP contribution in [0.1, 0.15) is 12.0 Å². The maximum Gasteiger partial charge on any atom is 0.319 e. The number of benzene rings is 2. The zero-order chi connectivity index (χ0) is 21.3. The number of amides is 3. The molecule has 0 aliphatic heterocycles. The number of hydrogen-bond acceptors (Lipinski definition) is 4. The van der Waals surface area contributed by atoms with Gasteiger partial charge in [0.2, 0.25) is 5.91 Å². The highest BCUT2D eigenvalue weighted by molar-refractivity contribution is 6.30. The van der Waals surface area contributed by atoms with Gasteiger partial charge in [0.15, 0.2) is 0 Å². The Morgan fingerprint density at radius 3 is 2.47 bits per heavy atom. The number of aromatic nitrogens is 2. The lowest BCUT2D eigenvalue weighted by Gasteiger charge is -2.10. The van der Waals surface area contributed by atoms with E-state index in [1.54, 1.807) is 60.5 Å². The molecule has 3 rings (SSSR count). The van der Waals surface area contributed by atoms with Crippen LogP contribution in [-0.4, -0.2) is 35.4 Å². The smallest absolute Gasteiger partial charge is 0.319 e.